The van der Waals surface area contributed by atoms with E-state index in [-0.39, 0.29) is 76.8 Å². The minimum absolute atomic E-state index is 0. The van der Waals surface area contributed by atoms with Crippen LogP contribution in [-0.2, 0) is 84.6 Å². The Bertz CT molecular complexity index is 762. The van der Waals surface area contributed by atoms with Gasteiger partial charge in [0, 0.05) is 65.4 Å². The van der Waals surface area contributed by atoms with Crippen LogP contribution in [0.2, 0.25) is 0 Å². The molecule has 0 N–H and O–H groups in total. The molecule has 4 rings (SSSR count). The molecule has 2 aliphatic heterocycles. The van der Waals surface area contributed by atoms with E-state index < -0.39 is 29.0 Å². The third kappa shape index (κ3) is 2.54. The Morgan fingerprint density at radius 3 is 1.28 bits per heavy atom. The summed E-state index contributed by atoms with van der Waals surface area (Å²) < 4.78 is 0. The number of nitrogens with zero attached hydrogens (tertiary/aromatic N) is 2. The summed E-state index contributed by atoms with van der Waals surface area (Å²) in [5.74, 6) is -3.31. The Balaban J connectivity index is 0.00000113. The number of anilines is 2. The largest absolute Gasteiger partial charge is 0.286 e. The number of β-lactam (4-membered cyclic amide) rings is 4. The molecule has 118 valence electrons. The summed E-state index contributed by atoms with van der Waals surface area (Å²) in [6.45, 7) is 0. The fraction of sp³-hybridized carbons (Fsp3) is 0.0588. The smallest absolute Gasteiger partial charge is 0.272 e. The summed E-state index contributed by atoms with van der Waals surface area (Å²) in [7, 11) is 0. The van der Waals surface area contributed by atoms with Crippen LogP contribution in [0.25, 0.3) is 0 Å². The zero-order valence-electron chi connectivity index (χ0n) is 12.8. The van der Waals surface area contributed by atoms with E-state index in [4.69, 9.17) is 0 Å². The Morgan fingerprint density at radius 1 is 0.640 bits per heavy atom. The maximum absolute atomic E-state index is 12.4. The van der Waals surface area contributed by atoms with Crippen molar-refractivity contribution in [3.05, 3.63) is 60.7 Å². The van der Waals surface area contributed by atoms with Gasteiger partial charge in [0.05, 0.1) is 0 Å². The number of amides is 4. The topological polar surface area (TPSA) is 74.8 Å². The van der Waals surface area contributed by atoms with Gasteiger partial charge in [-0.05, 0) is 0 Å². The van der Waals surface area contributed by atoms with Gasteiger partial charge in [-0.25, -0.2) is 0 Å². The molecule has 2 radical (unpaired) electrons. The Labute approximate surface area is 193 Å². The SMILES string of the molecule is O=C1N(c2[c-]cccc2)C(=O)C12C(=O)N(c1[c-]cccc1)C2=O.[Y].[Y]. The van der Waals surface area contributed by atoms with E-state index in [1.165, 1.54) is 24.3 Å². The van der Waals surface area contributed by atoms with E-state index in [0.717, 1.165) is 9.80 Å². The van der Waals surface area contributed by atoms with Gasteiger partial charge in [0.1, 0.15) is 0 Å². The molecule has 2 aromatic rings. The van der Waals surface area contributed by atoms with Crippen molar-refractivity contribution in [3.63, 3.8) is 0 Å². The molecule has 2 aliphatic rings. The van der Waals surface area contributed by atoms with Crippen molar-refractivity contribution in [1.82, 2.24) is 0 Å². The van der Waals surface area contributed by atoms with Crippen LogP contribution in [0.15, 0.2) is 48.5 Å². The van der Waals surface area contributed by atoms with Gasteiger partial charge < -0.3 is 0 Å². The van der Waals surface area contributed by atoms with Crippen LogP contribution in [0.1, 0.15) is 0 Å². The fourth-order valence-electron chi connectivity index (χ4n) is 2.78. The molecule has 2 saturated heterocycles. The van der Waals surface area contributed by atoms with E-state index in [2.05, 4.69) is 12.1 Å². The van der Waals surface area contributed by atoms with Crippen molar-refractivity contribution in [2.45, 2.75) is 0 Å². The molecule has 6 nitrogen and oxygen atoms in total. The van der Waals surface area contributed by atoms with Gasteiger partial charge in [-0.15, -0.1) is 12.1 Å². The van der Waals surface area contributed by atoms with Crippen molar-refractivity contribution >= 4 is 35.0 Å². The standard InChI is InChI=1S/C17H8N2O4.2Y/c20-13-17(14(21)18(13)11-7-3-1-4-8-11)15(22)19(16(17)23)12-9-5-2-6-10-12;;/h1-7,9H;;/q-2;;. The quantitative estimate of drug-likeness (QED) is 0.360. The predicted octanol–water partition coefficient (Wildman–Crippen LogP) is 0.715. The molecule has 0 saturated carbocycles. The van der Waals surface area contributed by atoms with Crippen LogP contribution < -0.4 is 9.80 Å². The number of rotatable bonds is 2. The van der Waals surface area contributed by atoms with Gasteiger partial charge >= 0.3 is 0 Å². The maximum atomic E-state index is 12.4. The molecule has 2 heterocycles. The van der Waals surface area contributed by atoms with Crippen molar-refractivity contribution in [2.75, 3.05) is 9.80 Å². The molecule has 0 unspecified atom stereocenters. The summed E-state index contributed by atoms with van der Waals surface area (Å²) in [6.07, 6.45) is 0. The molecule has 4 amide bonds. The maximum Gasteiger partial charge on any atom is 0.286 e. The summed E-state index contributed by atoms with van der Waals surface area (Å²) in [5, 5.41) is 0. The normalized spacial score (nSPS) is 17.4. The first kappa shape index (κ1) is 20.2. The van der Waals surface area contributed by atoms with Crippen LogP contribution in [-0.4, -0.2) is 23.6 Å². The second-order valence-electron chi connectivity index (χ2n) is 5.14. The van der Waals surface area contributed by atoms with Crippen molar-refractivity contribution in [3.8, 4) is 0 Å². The Hall–Kier alpha value is -1.07. The van der Waals surface area contributed by atoms with Gasteiger partial charge in [-0.3, -0.25) is 29.0 Å². The average molecular weight is 482 g/mol. The van der Waals surface area contributed by atoms with Crippen LogP contribution in [0.3, 0.4) is 0 Å². The van der Waals surface area contributed by atoms with Crippen LogP contribution in [0.5, 0.6) is 0 Å². The first-order valence-corrected chi connectivity index (χ1v) is 6.81. The van der Waals surface area contributed by atoms with Crippen molar-refractivity contribution in [2.24, 2.45) is 5.41 Å². The fourth-order valence-corrected chi connectivity index (χ4v) is 2.78. The summed E-state index contributed by atoms with van der Waals surface area (Å²) in [5.41, 5.74) is -1.77. The van der Waals surface area contributed by atoms with Crippen LogP contribution >= 0.6 is 0 Å². The van der Waals surface area contributed by atoms with Gasteiger partial charge in [0.25, 0.3) is 29.0 Å². The molecule has 2 aromatic carbocycles. The van der Waals surface area contributed by atoms with E-state index in [0.29, 0.717) is 0 Å². The summed E-state index contributed by atoms with van der Waals surface area (Å²) >= 11 is 0. The number of hydrogen-bond donors (Lipinski definition) is 0. The predicted molar refractivity (Wildman–Crippen MR) is 78.0 cm³/mol. The van der Waals surface area contributed by atoms with Crippen LogP contribution in [0.4, 0.5) is 11.4 Å². The molecule has 1 spiro atoms. The molecule has 8 heteroatoms. The number of para-hydroxylation sites is 2. The molecule has 0 bridgehead atoms. The number of benzene rings is 2. The first-order chi connectivity index (χ1) is 11.1. The second kappa shape index (κ2) is 7.27. The zero-order chi connectivity index (χ0) is 16.2. The van der Waals surface area contributed by atoms with Gasteiger partial charge in [0.2, 0.25) is 0 Å². The average Bonchev–Trinajstić information content (AvgIpc) is 2.57. The molecular weight excluding hydrogens is 474 g/mol. The number of imide groups is 2. The number of carbonyl (C=O) groups excluding carboxylic acids is 4. The van der Waals surface area contributed by atoms with E-state index in [9.17, 15) is 19.2 Å². The van der Waals surface area contributed by atoms with Crippen molar-refractivity contribution in [1.29, 1.82) is 0 Å². The molecular formula is C17H8N2O4Y2-2. The zero-order valence-corrected chi connectivity index (χ0v) is 18.5. The molecule has 0 aliphatic carbocycles. The van der Waals surface area contributed by atoms with Gasteiger partial charge in [-0.1, -0.05) is 11.4 Å². The summed E-state index contributed by atoms with van der Waals surface area (Å²) in [4.78, 5) is 51.1. The molecule has 25 heavy (non-hydrogen) atoms. The van der Waals surface area contributed by atoms with E-state index >= 15 is 0 Å². The van der Waals surface area contributed by atoms with Crippen molar-refractivity contribution < 1.29 is 84.6 Å². The third-order valence-electron chi connectivity index (χ3n) is 3.96. The number of carbonyl (C=O) groups is 4. The monoisotopic (exact) mass is 482 g/mol. The summed E-state index contributed by atoms with van der Waals surface area (Å²) in [6, 6.07) is 18.2. The third-order valence-corrected chi connectivity index (χ3v) is 3.96. The minimum atomic E-state index is -2.21. The molecule has 2 fully saturated rings. The second-order valence-corrected chi connectivity index (χ2v) is 5.14. The first-order valence-electron chi connectivity index (χ1n) is 6.81. The van der Waals surface area contributed by atoms with E-state index in [1.807, 2.05) is 0 Å². The minimum Gasteiger partial charge on any atom is -0.272 e. The van der Waals surface area contributed by atoms with E-state index in [1.54, 1.807) is 24.3 Å². The molecule has 0 aromatic heterocycles. The molecule has 0 atom stereocenters. The Morgan fingerprint density at radius 2 is 1.00 bits per heavy atom. The number of hydrogen-bond acceptors (Lipinski definition) is 4. The van der Waals surface area contributed by atoms with Gasteiger partial charge in [-0.2, -0.15) is 48.5 Å². The Kier molecular flexibility index (Phi) is 5.89. The van der Waals surface area contributed by atoms with Gasteiger partial charge in [0.15, 0.2) is 0 Å². The van der Waals surface area contributed by atoms with Crippen LogP contribution in [0, 0.1) is 17.5 Å².